The fraction of sp³-hybridized carbons (Fsp3) is 0.471. The Bertz CT molecular complexity index is 670. The lowest BCUT2D eigenvalue weighted by molar-refractivity contribution is -0.00186. The maximum Gasteiger partial charge on any atom is 0.410 e. The van der Waals surface area contributed by atoms with Gasteiger partial charge in [0.15, 0.2) is 0 Å². The number of aromatic nitrogens is 2. The highest BCUT2D eigenvalue weighted by molar-refractivity contribution is 5.69. The average molecular weight is 315 g/mol. The van der Waals surface area contributed by atoms with Crippen LogP contribution in [-0.2, 0) is 11.2 Å². The summed E-state index contributed by atoms with van der Waals surface area (Å²) in [4.78, 5) is 18.0. The van der Waals surface area contributed by atoms with Gasteiger partial charge in [-0.05, 0) is 20.8 Å². The molecule has 0 spiro atoms. The summed E-state index contributed by atoms with van der Waals surface area (Å²) in [5.74, 6) is 1.55. The van der Waals surface area contributed by atoms with E-state index >= 15 is 0 Å². The highest BCUT2D eigenvalue weighted by Crippen LogP contribution is 2.23. The van der Waals surface area contributed by atoms with Crippen LogP contribution < -0.4 is 0 Å². The molecule has 6 heteroatoms. The number of ether oxygens (including phenoxy) is 1. The Kier molecular flexibility index (Phi) is 4.07. The third kappa shape index (κ3) is 3.88. The summed E-state index contributed by atoms with van der Waals surface area (Å²) in [6, 6.07) is 9.72. The average Bonchev–Trinajstić information content (AvgIpc) is 2.90. The first-order valence-corrected chi connectivity index (χ1v) is 7.76. The lowest BCUT2D eigenvalue weighted by Gasteiger charge is -2.39. The molecule has 2 heterocycles. The Morgan fingerprint density at radius 3 is 2.65 bits per heavy atom. The molecule has 1 fully saturated rings. The molecule has 2 aromatic rings. The molecule has 1 aromatic heterocycles. The van der Waals surface area contributed by atoms with Crippen LogP contribution in [0.2, 0.25) is 0 Å². The molecule has 1 aliphatic rings. The molecule has 122 valence electrons. The molecule has 23 heavy (non-hydrogen) atoms. The first-order valence-electron chi connectivity index (χ1n) is 7.76. The van der Waals surface area contributed by atoms with Crippen molar-refractivity contribution in [2.45, 2.75) is 32.8 Å². The quantitative estimate of drug-likeness (QED) is 0.870. The first-order chi connectivity index (χ1) is 10.9. The monoisotopic (exact) mass is 315 g/mol. The van der Waals surface area contributed by atoms with Gasteiger partial charge in [0, 0.05) is 31.0 Å². The van der Waals surface area contributed by atoms with Gasteiger partial charge in [0.25, 0.3) is 0 Å². The molecule has 1 aliphatic heterocycles. The minimum Gasteiger partial charge on any atom is -0.444 e. The maximum atomic E-state index is 11.9. The Morgan fingerprint density at radius 1 is 1.30 bits per heavy atom. The van der Waals surface area contributed by atoms with Gasteiger partial charge in [-0.1, -0.05) is 35.5 Å². The third-order valence-electron chi connectivity index (χ3n) is 3.57. The molecule has 1 aromatic carbocycles. The van der Waals surface area contributed by atoms with Crippen LogP contribution in [0.15, 0.2) is 34.9 Å². The molecule has 3 rings (SSSR count). The standard InChI is InChI=1S/C17H21N3O3/c1-17(2,3)22-16(21)20-10-12(11-20)9-14-18-15(19-23-14)13-7-5-4-6-8-13/h4-8,12H,9-11H2,1-3H3. The second-order valence-corrected chi connectivity index (χ2v) is 6.83. The van der Waals surface area contributed by atoms with Crippen LogP contribution in [0.1, 0.15) is 26.7 Å². The zero-order valence-electron chi connectivity index (χ0n) is 13.7. The van der Waals surface area contributed by atoms with E-state index in [1.54, 1.807) is 4.90 Å². The van der Waals surface area contributed by atoms with Crippen molar-refractivity contribution in [1.29, 1.82) is 0 Å². The summed E-state index contributed by atoms with van der Waals surface area (Å²) in [5, 5.41) is 4.01. The van der Waals surface area contributed by atoms with Crippen LogP contribution in [-0.4, -0.2) is 39.8 Å². The normalized spacial score (nSPS) is 15.3. The topological polar surface area (TPSA) is 68.5 Å². The largest absolute Gasteiger partial charge is 0.444 e. The van der Waals surface area contributed by atoms with Crippen LogP contribution >= 0.6 is 0 Å². The van der Waals surface area contributed by atoms with E-state index in [9.17, 15) is 4.79 Å². The zero-order chi connectivity index (χ0) is 16.4. The summed E-state index contributed by atoms with van der Waals surface area (Å²) in [6.45, 7) is 6.93. The molecular formula is C17H21N3O3. The number of hydrogen-bond acceptors (Lipinski definition) is 5. The Labute approximate surface area is 135 Å². The van der Waals surface area contributed by atoms with E-state index in [0.717, 1.165) is 5.56 Å². The SMILES string of the molecule is CC(C)(C)OC(=O)N1CC(Cc2nc(-c3ccccc3)no2)C1. The second-order valence-electron chi connectivity index (χ2n) is 6.83. The van der Waals surface area contributed by atoms with Gasteiger partial charge in [-0.3, -0.25) is 0 Å². The summed E-state index contributed by atoms with van der Waals surface area (Å²) >= 11 is 0. The molecule has 0 radical (unpaired) electrons. The van der Waals surface area contributed by atoms with Crippen molar-refractivity contribution < 1.29 is 14.1 Å². The van der Waals surface area contributed by atoms with Gasteiger partial charge < -0.3 is 14.2 Å². The lowest BCUT2D eigenvalue weighted by Crippen LogP contribution is -2.52. The molecule has 0 N–H and O–H groups in total. The van der Waals surface area contributed by atoms with Crippen molar-refractivity contribution in [3.8, 4) is 11.4 Å². The number of likely N-dealkylation sites (tertiary alicyclic amines) is 1. The van der Waals surface area contributed by atoms with Gasteiger partial charge in [-0.15, -0.1) is 0 Å². The van der Waals surface area contributed by atoms with E-state index in [1.165, 1.54) is 0 Å². The van der Waals surface area contributed by atoms with Crippen molar-refractivity contribution >= 4 is 6.09 Å². The van der Waals surface area contributed by atoms with Crippen LogP contribution in [0.25, 0.3) is 11.4 Å². The van der Waals surface area contributed by atoms with Gasteiger partial charge in [-0.2, -0.15) is 4.98 Å². The van der Waals surface area contributed by atoms with Crippen LogP contribution in [0.4, 0.5) is 4.79 Å². The third-order valence-corrected chi connectivity index (χ3v) is 3.57. The van der Waals surface area contributed by atoms with Gasteiger partial charge in [0.2, 0.25) is 11.7 Å². The minimum atomic E-state index is -0.459. The summed E-state index contributed by atoms with van der Waals surface area (Å²) < 4.78 is 10.6. The van der Waals surface area contributed by atoms with E-state index in [4.69, 9.17) is 9.26 Å². The number of benzene rings is 1. The molecular weight excluding hydrogens is 294 g/mol. The minimum absolute atomic E-state index is 0.260. The number of rotatable bonds is 3. The van der Waals surface area contributed by atoms with Crippen molar-refractivity contribution in [3.05, 3.63) is 36.2 Å². The Hall–Kier alpha value is -2.37. The van der Waals surface area contributed by atoms with E-state index in [1.807, 2.05) is 51.1 Å². The highest BCUT2D eigenvalue weighted by atomic mass is 16.6. The second kappa shape index (κ2) is 6.02. The van der Waals surface area contributed by atoms with Crippen LogP contribution in [0.3, 0.4) is 0 Å². The molecule has 0 atom stereocenters. The van der Waals surface area contributed by atoms with Gasteiger partial charge >= 0.3 is 6.09 Å². The predicted octanol–water partition coefficient (Wildman–Crippen LogP) is 3.15. The van der Waals surface area contributed by atoms with Crippen molar-refractivity contribution in [2.24, 2.45) is 5.92 Å². The molecule has 1 saturated heterocycles. The van der Waals surface area contributed by atoms with E-state index in [2.05, 4.69) is 10.1 Å². The predicted molar refractivity (Wildman–Crippen MR) is 84.7 cm³/mol. The molecule has 0 saturated carbocycles. The van der Waals surface area contributed by atoms with E-state index in [0.29, 0.717) is 37.1 Å². The first kappa shape index (κ1) is 15.5. The zero-order valence-corrected chi connectivity index (χ0v) is 13.7. The van der Waals surface area contributed by atoms with Crippen molar-refractivity contribution in [2.75, 3.05) is 13.1 Å². The van der Waals surface area contributed by atoms with Crippen LogP contribution in [0.5, 0.6) is 0 Å². The van der Waals surface area contributed by atoms with Crippen LogP contribution in [0, 0.1) is 5.92 Å². The van der Waals surface area contributed by atoms with Gasteiger partial charge in [0.05, 0.1) is 0 Å². The number of hydrogen-bond donors (Lipinski definition) is 0. The number of nitrogens with zero attached hydrogens (tertiary/aromatic N) is 3. The number of carbonyl (C=O) groups excluding carboxylic acids is 1. The lowest BCUT2D eigenvalue weighted by atomic mass is 9.97. The Morgan fingerprint density at radius 2 is 2.00 bits per heavy atom. The van der Waals surface area contributed by atoms with E-state index < -0.39 is 5.60 Å². The van der Waals surface area contributed by atoms with Gasteiger partial charge in [-0.25, -0.2) is 4.79 Å². The fourth-order valence-electron chi connectivity index (χ4n) is 2.46. The van der Waals surface area contributed by atoms with Crippen molar-refractivity contribution in [3.63, 3.8) is 0 Å². The number of amides is 1. The number of carbonyl (C=O) groups is 1. The van der Waals surface area contributed by atoms with Crippen molar-refractivity contribution in [1.82, 2.24) is 15.0 Å². The highest BCUT2D eigenvalue weighted by Gasteiger charge is 2.34. The smallest absolute Gasteiger partial charge is 0.410 e. The Balaban J connectivity index is 1.51. The molecule has 1 amide bonds. The molecule has 6 nitrogen and oxygen atoms in total. The van der Waals surface area contributed by atoms with Gasteiger partial charge in [0.1, 0.15) is 5.60 Å². The summed E-state index contributed by atoms with van der Waals surface area (Å²) in [7, 11) is 0. The molecule has 0 bridgehead atoms. The molecule has 0 aliphatic carbocycles. The molecule has 0 unspecified atom stereocenters. The maximum absolute atomic E-state index is 11.9. The summed E-state index contributed by atoms with van der Waals surface area (Å²) in [5.41, 5.74) is 0.477. The fourth-order valence-corrected chi connectivity index (χ4v) is 2.46. The van der Waals surface area contributed by atoms with E-state index in [-0.39, 0.29) is 6.09 Å². The summed E-state index contributed by atoms with van der Waals surface area (Å²) in [6.07, 6.45) is 0.420.